The van der Waals surface area contributed by atoms with E-state index in [1.807, 2.05) is 0 Å². The Hall–Kier alpha value is -3.10. The first-order valence-corrected chi connectivity index (χ1v) is 12.4. The Bertz CT molecular complexity index is 1190. The largest absolute Gasteiger partial charge is 0.411 e. The van der Waals surface area contributed by atoms with Gasteiger partial charge in [0.2, 0.25) is 5.95 Å². The summed E-state index contributed by atoms with van der Waals surface area (Å²) in [5.41, 5.74) is 1.73. The van der Waals surface area contributed by atoms with Crippen LogP contribution in [0.15, 0.2) is 18.6 Å². The molecule has 200 valence electrons. The van der Waals surface area contributed by atoms with Gasteiger partial charge in [0, 0.05) is 38.5 Å². The normalized spacial score (nSPS) is 18.5. The number of hydrogen-bond donors (Lipinski definition) is 2. The zero-order chi connectivity index (χ0) is 25.8. The third kappa shape index (κ3) is 6.81. The van der Waals surface area contributed by atoms with E-state index in [-0.39, 0.29) is 25.8 Å². The number of ether oxygens (including phenoxy) is 2. The maximum Gasteiger partial charge on any atom is 0.411 e. The fourth-order valence-corrected chi connectivity index (χ4v) is 4.17. The second-order valence-electron chi connectivity index (χ2n) is 9.39. The fraction of sp³-hybridized carbons (Fsp3) is 0.609. The Labute approximate surface area is 211 Å². The molecule has 1 aliphatic heterocycles. The average Bonchev–Trinajstić information content (AvgIpc) is 3.62. The number of halogens is 3. The fourth-order valence-electron chi connectivity index (χ4n) is 4.17. The predicted octanol–water partition coefficient (Wildman–Crippen LogP) is 2.66. The van der Waals surface area contributed by atoms with Gasteiger partial charge < -0.3 is 25.0 Å². The van der Waals surface area contributed by atoms with Gasteiger partial charge in [0.1, 0.15) is 35.5 Å². The van der Waals surface area contributed by atoms with Crippen LogP contribution in [0.1, 0.15) is 25.5 Å². The Morgan fingerprint density at radius 1 is 1.22 bits per heavy atom. The summed E-state index contributed by atoms with van der Waals surface area (Å²) >= 11 is 0. The Balaban J connectivity index is 1.51. The molecule has 0 radical (unpaired) electrons. The molecule has 3 aromatic rings. The number of aromatic nitrogens is 6. The van der Waals surface area contributed by atoms with Crippen molar-refractivity contribution in [3.05, 3.63) is 24.3 Å². The smallest absolute Gasteiger partial charge is 0.375 e. The highest BCUT2D eigenvalue weighted by molar-refractivity contribution is 5.90. The number of nitrogens with zero attached hydrogens (tertiary/aromatic N) is 7. The van der Waals surface area contributed by atoms with Crippen LogP contribution in [-0.4, -0.2) is 81.4 Å². The predicted molar refractivity (Wildman–Crippen MR) is 130 cm³/mol. The van der Waals surface area contributed by atoms with Gasteiger partial charge in [0.25, 0.3) is 0 Å². The summed E-state index contributed by atoms with van der Waals surface area (Å²) in [6.07, 6.45) is 0.940. The maximum absolute atomic E-state index is 12.6. The second kappa shape index (κ2) is 11.1. The lowest BCUT2D eigenvalue weighted by atomic mass is 10.2. The summed E-state index contributed by atoms with van der Waals surface area (Å²) in [4.78, 5) is 20.0. The third-order valence-electron chi connectivity index (χ3n) is 6.13. The standard InChI is InChI=1S/C23H30F3N9O2/c1-15-10-34(7-6-28-15)22-31-19-17(12-37-11-16-2-3-16)33-35(8-9-36-13-23(24,25)26)20(19)21(32-22)30-18-4-5-27-14-29-18/h4-5,14-16,28H,2-3,6-13H2,1H3,(H,27,29,30,31,32)/t15-/m0/s1. The number of anilines is 3. The molecule has 1 atom stereocenters. The highest BCUT2D eigenvalue weighted by atomic mass is 19.4. The van der Waals surface area contributed by atoms with Crippen molar-refractivity contribution < 1.29 is 22.6 Å². The number of rotatable bonds is 11. The van der Waals surface area contributed by atoms with Crippen molar-refractivity contribution >= 4 is 28.6 Å². The summed E-state index contributed by atoms with van der Waals surface area (Å²) in [5.74, 6) is 2.07. The Morgan fingerprint density at radius 2 is 2.08 bits per heavy atom. The SMILES string of the molecule is C[C@H]1CN(c2nc(Nc3ccncn3)c3c(n2)c(COCC2CC2)nn3CCOCC(F)(F)F)CCN1. The van der Waals surface area contributed by atoms with Gasteiger partial charge in [-0.25, -0.2) is 15.0 Å². The van der Waals surface area contributed by atoms with Crippen molar-refractivity contribution in [3.63, 3.8) is 0 Å². The van der Waals surface area contributed by atoms with Crippen molar-refractivity contribution in [3.8, 4) is 0 Å². The van der Waals surface area contributed by atoms with Gasteiger partial charge >= 0.3 is 6.18 Å². The molecule has 37 heavy (non-hydrogen) atoms. The molecule has 5 rings (SSSR count). The molecule has 4 heterocycles. The van der Waals surface area contributed by atoms with Crippen LogP contribution >= 0.6 is 0 Å². The van der Waals surface area contributed by atoms with E-state index < -0.39 is 12.8 Å². The minimum atomic E-state index is -4.40. The van der Waals surface area contributed by atoms with Gasteiger partial charge in [0.05, 0.1) is 19.8 Å². The summed E-state index contributed by atoms with van der Waals surface area (Å²) in [5, 5.41) is 11.3. The number of alkyl halides is 3. The van der Waals surface area contributed by atoms with Gasteiger partial charge in [-0.1, -0.05) is 0 Å². The molecule has 2 aliphatic rings. The molecule has 14 heteroatoms. The van der Waals surface area contributed by atoms with Crippen LogP contribution in [-0.2, 0) is 22.6 Å². The third-order valence-corrected chi connectivity index (χ3v) is 6.13. The quantitative estimate of drug-likeness (QED) is 0.365. The van der Waals surface area contributed by atoms with Crippen LogP contribution in [0, 0.1) is 5.92 Å². The van der Waals surface area contributed by atoms with E-state index in [1.165, 1.54) is 6.33 Å². The Morgan fingerprint density at radius 3 is 2.81 bits per heavy atom. The van der Waals surface area contributed by atoms with E-state index >= 15 is 0 Å². The molecule has 2 N–H and O–H groups in total. The summed E-state index contributed by atoms with van der Waals surface area (Å²) in [7, 11) is 0. The lowest BCUT2D eigenvalue weighted by Gasteiger charge is -2.32. The molecular formula is C23H30F3N9O2. The molecule has 1 saturated heterocycles. The first kappa shape index (κ1) is 25.5. The van der Waals surface area contributed by atoms with Crippen LogP contribution in [0.2, 0.25) is 0 Å². The van der Waals surface area contributed by atoms with E-state index in [9.17, 15) is 13.2 Å². The number of piperazine rings is 1. The summed E-state index contributed by atoms with van der Waals surface area (Å²) < 4.78 is 50.1. The van der Waals surface area contributed by atoms with E-state index in [0.29, 0.717) is 46.8 Å². The van der Waals surface area contributed by atoms with E-state index in [2.05, 4.69) is 37.5 Å². The van der Waals surface area contributed by atoms with Gasteiger partial charge in [0.15, 0.2) is 5.82 Å². The van der Waals surface area contributed by atoms with Crippen LogP contribution in [0.4, 0.5) is 30.8 Å². The molecule has 11 nitrogen and oxygen atoms in total. The van der Waals surface area contributed by atoms with E-state index in [0.717, 1.165) is 32.5 Å². The molecule has 0 spiro atoms. The topological polar surface area (TPSA) is 115 Å². The van der Waals surface area contributed by atoms with Crippen LogP contribution in [0.25, 0.3) is 11.0 Å². The molecule has 0 bridgehead atoms. The second-order valence-corrected chi connectivity index (χ2v) is 9.39. The molecule has 2 fully saturated rings. The van der Waals surface area contributed by atoms with Crippen molar-refractivity contribution in [2.45, 2.75) is 45.1 Å². The summed E-state index contributed by atoms with van der Waals surface area (Å²) in [6, 6.07) is 1.97. The van der Waals surface area contributed by atoms with Crippen molar-refractivity contribution in [1.29, 1.82) is 0 Å². The molecule has 1 saturated carbocycles. The van der Waals surface area contributed by atoms with Gasteiger partial charge in [-0.2, -0.15) is 23.3 Å². The first-order valence-electron chi connectivity index (χ1n) is 12.4. The minimum Gasteiger partial charge on any atom is -0.375 e. The zero-order valence-electron chi connectivity index (χ0n) is 20.5. The van der Waals surface area contributed by atoms with Crippen molar-refractivity contribution in [2.75, 3.05) is 49.7 Å². The first-order chi connectivity index (χ1) is 17.9. The molecule has 0 aromatic carbocycles. The maximum atomic E-state index is 12.6. The highest BCUT2D eigenvalue weighted by Gasteiger charge is 2.28. The van der Waals surface area contributed by atoms with Gasteiger partial charge in [-0.05, 0) is 31.7 Å². The number of hydrogen-bond acceptors (Lipinski definition) is 10. The molecule has 0 amide bonds. The van der Waals surface area contributed by atoms with Gasteiger partial charge in [-0.15, -0.1) is 0 Å². The Kier molecular flexibility index (Phi) is 7.67. The van der Waals surface area contributed by atoms with Crippen molar-refractivity contribution in [1.82, 2.24) is 35.0 Å². The number of nitrogens with one attached hydrogen (secondary N) is 2. The lowest BCUT2D eigenvalue weighted by molar-refractivity contribution is -0.174. The lowest BCUT2D eigenvalue weighted by Crippen LogP contribution is -2.49. The van der Waals surface area contributed by atoms with E-state index in [4.69, 9.17) is 19.4 Å². The number of fused-ring (bicyclic) bond motifs is 1. The van der Waals surface area contributed by atoms with Crippen LogP contribution in [0.3, 0.4) is 0 Å². The van der Waals surface area contributed by atoms with Crippen LogP contribution < -0.4 is 15.5 Å². The average molecular weight is 522 g/mol. The van der Waals surface area contributed by atoms with Crippen molar-refractivity contribution in [2.24, 2.45) is 5.92 Å². The minimum absolute atomic E-state index is 0.0844. The molecule has 1 aliphatic carbocycles. The molecule has 3 aromatic heterocycles. The summed E-state index contributed by atoms with van der Waals surface area (Å²) in [6.45, 7) is 3.82. The zero-order valence-corrected chi connectivity index (χ0v) is 20.5. The molecule has 0 unspecified atom stereocenters. The van der Waals surface area contributed by atoms with Crippen LogP contribution in [0.5, 0.6) is 0 Å². The highest BCUT2D eigenvalue weighted by Crippen LogP contribution is 2.31. The van der Waals surface area contributed by atoms with E-state index in [1.54, 1.807) is 16.9 Å². The van der Waals surface area contributed by atoms with Gasteiger partial charge in [-0.3, -0.25) is 4.68 Å². The monoisotopic (exact) mass is 521 g/mol. The molecular weight excluding hydrogens is 491 g/mol.